The first-order valence-electron chi connectivity index (χ1n) is 17.0. The lowest BCUT2D eigenvalue weighted by Crippen LogP contribution is -2.64. The first-order valence-corrected chi connectivity index (χ1v) is 18.9. The van der Waals surface area contributed by atoms with Crippen LogP contribution in [0.1, 0.15) is 82.8 Å². The van der Waals surface area contributed by atoms with Crippen LogP contribution in [0.2, 0.25) is 0 Å². The molecule has 11 nitrogen and oxygen atoms in total. The third kappa shape index (κ3) is 9.63. The Labute approximate surface area is 285 Å². The number of amides is 3. The standard InChI is InChI=1S/C36H53N5O6S/c1-35(2,3)40-33(44)29-21-25-16-10-11-17-26(25)22-41(29)23-30(42)28(20-24-14-8-7-9-15-24)38-34(45)31(36(4,5)48(6,46)47)39-32(43)27-18-12-13-19-37-27/h7-9,12-15,18-19,25-26,28-31,42H,10-11,16-17,20-23H2,1-6H3,(H,38,45)(H,39,43)(H,40,44)/t25-,26+,28-,29-,30+,31+/m0/s1. The van der Waals surface area contributed by atoms with Crippen LogP contribution in [0.5, 0.6) is 0 Å². The fraction of sp³-hybridized carbons (Fsp3) is 0.611. The van der Waals surface area contributed by atoms with Crippen LogP contribution in [-0.4, -0.2) is 95.0 Å². The number of fused-ring (bicyclic) bond motifs is 1. The van der Waals surface area contributed by atoms with E-state index in [1.54, 1.807) is 12.1 Å². The predicted molar refractivity (Wildman–Crippen MR) is 186 cm³/mol. The fourth-order valence-electron chi connectivity index (χ4n) is 6.88. The van der Waals surface area contributed by atoms with Crippen molar-refractivity contribution in [2.45, 2.75) is 108 Å². The number of piperidine rings is 1. The molecular formula is C36H53N5O6S. The molecule has 1 saturated heterocycles. The Hall–Kier alpha value is -3.35. The van der Waals surface area contributed by atoms with E-state index in [0.29, 0.717) is 24.8 Å². The number of benzene rings is 1. The van der Waals surface area contributed by atoms with Crippen molar-refractivity contribution in [3.8, 4) is 0 Å². The second kappa shape index (κ2) is 15.5. The number of aromatic nitrogens is 1. The van der Waals surface area contributed by atoms with Crippen LogP contribution in [0.15, 0.2) is 54.7 Å². The van der Waals surface area contributed by atoms with E-state index in [-0.39, 0.29) is 24.6 Å². The molecule has 3 amide bonds. The van der Waals surface area contributed by atoms with Gasteiger partial charge in [-0.25, -0.2) is 8.42 Å². The number of pyridine rings is 1. The fourth-order valence-corrected chi connectivity index (χ4v) is 7.48. The number of β-amino-alcohol motifs (C(OH)–C–C–N with tert-alkyl or cyclic N) is 1. The van der Waals surface area contributed by atoms with Crippen molar-refractivity contribution in [1.82, 2.24) is 25.8 Å². The number of nitrogens with zero attached hydrogens (tertiary/aromatic N) is 2. The average Bonchev–Trinajstić information content (AvgIpc) is 3.02. The molecule has 12 heteroatoms. The van der Waals surface area contributed by atoms with E-state index < -0.39 is 56.2 Å². The van der Waals surface area contributed by atoms with Gasteiger partial charge in [-0.3, -0.25) is 24.3 Å². The molecule has 1 aliphatic heterocycles. The number of nitrogens with one attached hydrogen (secondary N) is 3. The minimum absolute atomic E-state index is 0.0335. The summed E-state index contributed by atoms with van der Waals surface area (Å²) in [5.74, 6) is -0.647. The van der Waals surface area contributed by atoms with Crippen LogP contribution >= 0.6 is 0 Å². The summed E-state index contributed by atoms with van der Waals surface area (Å²) in [7, 11) is -3.87. The molecule has 1 aromatic heterocycles. The number of aliphatic hydroxyl groups excluding tert-OH is 1. The van der Waals surface area contributed by atoms with Gasteiger partial charge in [0, 0.05) is 31.1 Å². The third-order valence-corrected chi connectivity index (χ3v) is 12.0. The molecule has 264 valence electrons. The van der Waals surface area contributed by atoms with Gasteiger partial charge in [0.05, 0.1) is 22.9 Å². The van der Waals surface area contributed by atoms with Gasteiger partial charge in [0.1, 0.15) is 11.7 Å². The number of hydrogen-bond donors (Lipinski definition) is 4. The molecule has 0 spiro atoms. The second-order valence-electron chi connectivity index (χ2n) is 15.1. The van der Waals surface area contributed by atoms with Crippen molar-refractivity contribution in [2.75, 3.05) is 19.3 Å². The van der Waals surface area contributed by atoms with Crippen molar-refractivity contribution in [2.24, 2.45) is 11.8 Å². The zero-order chi connectivity index (χ0) is 35.3. The summed E-state index contributed by atoms with van der Waals surface area (Å²) in [6, 6.07) is 11.3. The molecule has 1 saturated carbocycles. The van der Waals surface area contributed by atoms with Crippen LogP contribution in [0.25, 0.3) is 0 Å². The van der Waals surface area contributed by atoms with Crippen molar-refractivity contribution in [3.63, 3.8) is 0 Å². The molecule has 2 aliphatic rings. The molecule has 1 aliphatic carbocycles. The van der Waals surface area contributed by atoms with Crippen LogP contribution in [0.3, 0.4) is 0 Å². The maximum atomic E-state index is 14.1. The van der Waals surface area contributed by atoms with Gasteiger partial charge in [0.25, 0.3) is 5.91 Å². The highest BCUT2D eigenvalue weighted by Crippen LogP contribution is 2.39. The highest BCUT2D eigenvalue weighted by atomic mass is 32.2. The van der Waals surface area contributed by atoms with Crippen molar-refractivity contribution >= 4 is 27.6 Å². The van der Waals surface area contributed by atoms with Gasteiger partial charge in [0.15, 0.2) is 9.84 Å². The minimum Gasteiger partial charge on any atom is -0.390 e. The topological polar surface area (TPSA) is 158 Å². The van der Waals surface area contributed by atoms with Gasteiger partial charge < -0.3 is 21.1 Å². The lowest BCUT2D eigenvalue weighted by Gasteiger charge is -2.47. The first kappa shape index (κ1) is 37.5. The molecule has 0 bridgehead atoms. The smallest absolute Gasteiger partial charge is 0.270 e. The average molecular weight is 684 g/mol. The van der Waals surface area contributed by atoms with Gasteiger partial charge in [-0.15, -0.1) is 0 Å². The molecule has 4 rings (SSSR count). The minimum atomic E-state index is -3.87. The largest absolute Gasteiger partial charge is 0.390 e. The highest BCUT2D eigenvalue weighted by Gasteiger charge is 2.46. The van der Waals surface area contributed by atoms with Crippen LogP contribution < -0.4 is 16.0 Å². The van der Waals surface area contributed by atoms with Crippen molar-refractivity contribution in [3.05, 3.63) is 66.0 Å². The Kier molecular flexibility index (Phi) is 12.1. The Bertz CT molecular complexity index is 1510. The van der Waals surface area contributed by atoms with E-state index in [1.165, 1.54) is 26.1 Å². The molecule has 0 radical (unpaired) electrons. The summed E-state index contributed by atoms with van der Waals surface area (Å²) in [6.07, 6.45) is 6.76. The zero-order valence-corrected chi connectivity index (χ0v) is 29.9. The van der Waals surface area contributed by atoms with Gasteiger partial charge in [0.2, 0.25) is 11.8 Å². The molecule has 6 atom stereocenters. The number of rotatable bonds is 12. The summed E-state index contributed by atoms with van der Waals surface area (Å²) in [5.41, 5.74) is 0.466. The van der Waals surface area contributed by atoms with Gasteiger partial charge in [-0.2, -0.15) is 0 Å². The number of sulfone groups is 1. The van der Waals surface area contributed by atoms with Crippen molar-refractivity contribution < 1.29 is 27.9 Å². The Morgan fingerprint density at radius 2 is 1.60 bits per heavy atom. The molecule has 0 unspecified atom stereocenters. The molecule has 2 aromatic rings. The SMILES string of the molecule is CC(C)(C)NC(=O)[C@@H]1C[C@@H]2CCCC[C@@H]2CN1C[C@@H](O)[C@H](Cc1ccccc1)NC(=O)[C@@H](NC(=O)c1ccccn1)C(C)(C)S(C)(=O)=O. The highest BCUT2D eigenvalue weighted by molar-refractivity contribution is 7.92. The molecule has 2 heterocycles. The molecule has 48 heavy (non-hydrogen) atoms. The summed E-state index contributed by atoms with van der Waals surface area (Å²) in [5, 5.41) is 20.6. The van der Waals surface area contributed by atoms with Gasteiger partial charge >= 0.3 is 0 Å². The van der Waals surface area contributed by atoms with Gasteiger partial charge in [-0.05, 0) is 83.4 Å². The van der Waals surface area contributed by atoms with E-state index in [1.807, 2.05) is 51.1 Å². The van der Waals surface area contributed by atoms with Gasteiger partial charge in [-0.1, -0.05) is 55.7 Å². The van der Waals surface area contributed by atoms with E-state index >= 15 is 0 Å². The quantitative estimate of drug-likeness (QED) is 0.266. The van der Waals surface area contributed by atoms with E-state index in [9.17, 15) is 27.9 Å². The Morgan fingerprint density at radius 3 is 2.21 bits per heavy atom. The van der Waals surface area contributed by atoms with E-state index in [2.05, 4.69) is 25.8 Å². The number of carbonyl (C=O) groups is 3. The zero-order valence-electron chi connectivity index (χ0n) is 29.1. The molecule has 1 aromatic carbocycles. The first-order chi connectivity index (χ1) is 22.5. The Balaban J connectivity index is 1.63. The Morgan fingerprint density at radius 1 is 0.958 bits per heavy atom. The molecular weight excluding hydrogens is 630 g/mol. The maximum absolute atomic E-state index is 14.1. The van der Waals surface area contributed by atoms with Crippen molar-refractivity contribution in [1.29, 1.82) is 0 Å². The summed E-state index contributed by atoms with van der Waals surface area (Å²) < 4.78 is 24.2. The van der Waals surface area contributed by atoms with Crippen LogP contribution in [-0.2, 0) is 25.8 Å². The number of hydrogen-bond acceptors (Lipinski definition) is 8. The summed E-state index contributed by atoms with van der Waals surface area (Å²) in [6.45, 7) is 9.42. The third-order valence-electron chi connectivity index (χ3n) is 9.90. The normalized spacial score (nSPS) is 22.4. The number of aliphatic hydroxyl groups is 1. The van der Waals surface area contributed by atoms with E-state index in [4.69, 9.17) is 0 Å². The number of carbonyl (C=O) groups excluding carboxylic acids is 3. The second-order valence-corrected chi connectivity index (χ2v) is 17.7. The lowest BCUT2D eigenvalue weighted by atomic mass is 9.72. The van der Waals surface area contributed by atoms with Crippen LogP contribution in [0.4, 0.5) is 0 Å². The number of likely N-dealkylation sites (tertiary alicyclic amines) is 1. The monoisotopic (exact) mass is 683 g/mol. The predicted octanol–water partition coefficient (Wildman–Crippen LogP) is 2.89. The maximum Gasteiger partial charge on any atom is 0.270 e. The summed E-state index contributed by atoms with van der Waals surface area (Å²) in [4.78, 5) is 47.0. The van der Waals surface area contributed by atoms with E-state index in [0.717, 1.165) is 37.5 Å². The molecule has 2 fully saturated rings. The lowest BCUT2D eigenvalue weighted by molar-refractivity contribution is -0.133. The summed E-state index contributed by atoms with van der Waals surface area (Å²) >= 11 is 0. The molecule has 4 N–H and O–H groups in total. The van der Waals surface area contributed by atoms with Crippen LogP contribution in [0, 0.1) is 11.8 Å².